The lowest BCUT2D eigenvalue weighted by Gasteiger charge is -2.11. The summed E-state index contributed by atoms with van der Waals surface area (Å²) < 4.78 is 18.4. The van der Waals surface area contributed by atoms with Gasteiger partial charge < -0.3 is 4.74 Å². The molecule has 0 aliphatic rings. The van der Waals surface area contributed by atoms with Crippen LogP contribution in [0.25, 0.3) is 0 Å². The normalized spacial score (nSPS) is 10.3. The van der Waals surface area contributed by atoms with E-state index in [1.165, 1.54) is 24.3 Å². The minimum Gasteiger partial charge on any atom is -0.455 e. The summed E-state index contributed by atoms with van der Waals surface area (Å²) in [5, 5.41) is 0.479. The van der Waals surface area contributed by atoms with E-state index in [-0.39, 0.29) is 5.82 Å². The molecule has 0 atom stereocenters. The lowest BCUT2D eigenvalue weighted by molar-refractivity contribution is 0.476. The first-order valence-corrected chi connectivity index (χ1v) is 5.88. The predicted octanol–water partition coefficient (Wildman–Crippen LogP) is 5.01. The number of para-hydroxylation sites is 1. The van der Waals surface area contributed by atoms with E-state index in [9.17, 15) is 4.39 Å². The van der Waals surface area contributed by atoms with Crippen LogP contribution in [0.1, 0.15) is 5.56 Å². The fraction of sp³-hybridized carbons (Fsp3) is 0.0769. The van der Waals surface area contributed by atoms with Gasteiger partial charge in [0.2, 0.25) is 0 Å². The van der Waals surface area contributed by atoms with Crippen molar-refractivity contribution in [1.29, 1.82) is 0 Å². The summed E-state index contributed by atoms with van der Waals surface area (Å²) in [6.45, 7) is 0. The van der Waals surface area contributed by atoms with E-state index in [0.717, 1.165) is 5.56 Å². The monoisotopic (exact) mass is 270 g/mol. The van der Waals surface area contributed by atoms with E-state index < -0.39 is 0 Å². The molecule has 2 aromatic rings. The lowest BCUT2D eigenvalue weighted by atomic mass is 10.2. The lowest BCUT2D eigenvalue weighted by Crippen LogP contribution is -1.90. The van der Waals surface area contributed by atoms with Gasteiger partial charge >= 0.3 is 0 Å². The highest BCUT2D eigenvalue weighted by Crippen LogP contribution is 2.33. The Labute approximate surface area is 109 Å². The number of hydrogen-bond donors (Lipinski definition) is 0. The van der Waals surface area contributed by atoms with Crippen LogP contribution in [0.5, 0.6) is 11.5 Å². The topological polar surface area (TPSA) is 9.23 Å². The number of hydrogen-bond acceptors (Lipinski definition) is 1. The maximum atomic E-state index is 12.7. The zero-order chi connectivity index (χ0) is 12.3. The van der Waals surface area contributed by atoms with Crippen molar-refractivity contribution in [3.63, 3.8) is 0 Å². The van der Waals surface area contributed by atoms with Gasteiger partial charge in [-0.15, -0.1) is 11.6 Å². The molecule has 0 saturated heterocycles. The highest BCUT2D eigenvalue weighted by Gasteiger charge is 2.08. The molecule has 0 unspecified atom stereocenters. The molecule has 0 amide bonds. The Bertz CT molecular complexity index is 511. The Hall–Kier alpha value is -1.25. The van der Waals surface area contributed by atoms with Crippen LogP contribution in [0.15, 0.2) is 42.5 Å². The number of halogens is 3. The maximum absolute atomic E-state index is 12.7. The van der Waals surface area contributed by atoms with Gasteiger partial charge in [0.15, 0.2) is 0 Å². The molecule has 0 aliphatic carbocycles. The Morgan fingerprint density at radius 3 is 2.41 bits per heavy atom. The molecule has 1 nitrogen and oxygen atoms in total. The molecule has 0 aromatic heterocycles. The second kappa shape index (κ2) is 5.39. The van der Waals surface area contributed by atoms with Crippen LogP contribution in [-0.4, -0.2) is 0 Å². The molecule has 2 aromatic carbocycles. The van der Waals surface area contributed by atoms with Crippen LogP contribution in [0.2, 0.25) is 5.02 Å². The molecule has 0 spiro atoms. The summed E-state index contributed by atoms with van der Waals surface area (Å²) in [6, 6.07) is 11.1. The van der Waals surface area contributed by atoms with E-state index in [1.54, 1.807) is 12.1 Å². The summed E-state index contributed by atoms with van der Waals surface area (Å²) in [5.74, 6) is 1.02. The Morgan fingerprint density at radius 2 is 1.76 bits per heavy atom. The summed E-state index contributed by atoms with van der Waals surface area (Å²) in [7, 11) is 0. The first-order chi connectivity index (χ1) is 8.20. The zero-order valence-corrected chi connectivity index (χ0v) is 10.3. The van der Waals surface area contributed by atoms with Crippen molar-refractivity contribution in [3.8, 4) is 11.5 Å². The smallest absolute Gasteiger partial charge is 0.150 e. The largest absolute Gasteiger partial charge is 0.455 e. The van der Waals surface area contributed by atoms with E-state index in [0.29, 0.717) is 22.4 Å². The van der Waals surface area contributed by atoms with Gasteiger partial charge in [0.05, 0.1) is 10.9 Å². The van der Waals surface area contributed by atoms with E-state index >= 15 is 0 Å². The van der Waals surface area contributed by atoms with Crippen LogP contribution in [0, 0.1) is 5.82 Å². The summed E-state index contributed by atoms with van der Waals surface area (Å²) in [6.07, 6.45) is 0. The predicted molar refractivity (Wildman–Crippen MR) is 67.5 cm³/mol. The number of alkyl halides is 1. The van der Waals surface area contributed by atoms with Crippen LogP contribution < -0.4 is 4.74 Å². The summed E-state index contributed by atoms with van der Waals surface area (Å²) >= 11 is 11.8. The molecule has 0 aliphatic heterocycles. The van der Waals surface area contributed by atoms with Crippen LogP contribution in [0.3, 0.4) is 0 Å². The number of ether oxygens (including phenoxy) is 1. The molecule has 0 heterocycles. The SMILES string of the molecule is Fc1ccc(Oc2c(Cl)cccc2CCl)cc1. The minimum atomic E-state index is -0.311. The van der Waals surface area contributed by atoms with Crippen LogP contribution in [-0.2, 0) is 5.88 Å². The Kier molecular flexibility index (Phi) is 3.87. The molecule has 0 saturated carbocycles. The quantitative estimate of drug-likeness (QED) is 0.713. The number of benzene rings is 2. The van der Waals surface area contributed by atoms with E-state index in [1.807, 2.05) is 6.07 Å². The molecule has 88 valence electrons. The van der Waals surface area contributed by atoms with Gasteiger partial charge in [0.1, 0.15) is 17.3 Å². The highest BCUT2D eigenvalue weighted by atomic mass is 35.5. The van der Waals surface area contributed by atoms with Gasteiger partial charge in [0.25, 0.3) is 0 Å². The van der Waals surface area contributed by atoms with Crippen molar-refractivity contribution < 1.29 is 9.13 Å². The van der Waals surface area contributed by atoms with Crippen molar-refractivity contribution in [2.24, 2.45) is 0 Å². The van der Waals surface area contributed by atoms with Gasteiger partial charge in [0, 0.05) is 5.56 Å². The van der Waals surface area contributed by atoms with Crippen LogP contribution in [0.4, 0.5) is 4.39 Å². The van der Waals surface area contributed by atoms with Gasteiger partial charge in [-0.2, -0.15) is 0 Å². The van der Waals surface area contributed by atoms with Crippen molar-refractivity contribution in [2.45, 2.75) is 5.88 Å². The molecule has 2 rings (SSSR count). The fourth-order valence-corrected chi connectivity index (χ4v) is 1.84. The molecule has 17 heavy (non-hydrogen) atoms. The number of rotatable bonds is 3. The van der Waals surface area contributed by atoms with Crippen LogP contribution >= 0.6 is 23.2 Å². The van der Waals surface area contributed by atoms with Gasteiger partial charge in [-0.05, 0) is 30.3 Å². The Balaban J connectivity index is 2.32. The third kappa shape index (κ3) is 2.90. The minimum absolute atomic E-state index is 0.303. The standard InChI is InChI=1S/C13H9Cl2FO/c14-8-9-2-1-3-12(15)13(9)17-11-6-4-10(16)5-7-11/h1-7H,8H2. The third-order valence-electron chi connectivity index (χ3n) is 2.23. The van der Waals surface area contributed by atoms with Crippen molar-refractivity contribution in [1.82, 2.24) is 0 Å². The van der Waals surface area contributed by atoms with E-state index in [2.05, 4.69) is 0 Å². The second-order valence-corrected chi connectivity index (χ2v) is 4.09. The van der Waals surface area contributed by atoms with Crippen molar-refractivity contribution in [3.05, 3.63) is 58.9 Å². The molecule has 4 heteroatoms. The third-order valence-corrected chi connectivity index (χ3v) is 2.81. The summed E-state index contributed by atoms with van der Waals surface area (Å²) in [5.41, 5.74) is 0.795. The molecule has 0 N–H and O–H groups in total. The molecule has 0 bridgehead atoms. The Morgan fingerprint density at radius 1 is 1.06 bits per heavy atom. The molecule has 0 radical (unpaired) electrons. The molecular formula is C13H9Cl2FO. The summed E-state index contributed by atoms with van der Waals surface area (Å²) in [4.78, 5) is 0. The van der Waals surface area contributed by atoms with Crippen molar-refractivity contribution in [2.75, 3.05) is 0 Å². The fourth-order valence-electron chi connectivity index (χ4n) is 1.39. The second-order valence-electron chi connectivity index (χ2n) is 3.42. The first-order valence-electron chi connectivity index (χ1n) is 4.97. The van der Waals surface area contributed by atoms with Gasteiger partial charge in [-0.3, -0.25) is 0 Å². The maximum Gasteiger partial charge on any atom is 0.150 e. The average molecular weight is 271 g/mol. The van der Waals surface area contributed by atoms with Crippen molar-refractivity contribution >= 4 is 23.2 Å². The highest BCUT2D eigenvalue weighted by molar-refractivity contribution is 6.32. The molecular weight excluding hydrogens is 262 g/mol. The van der Waals surface area contributed by atoms with Gasteiger partial charge in [-0.25, -0.2) is 4.39 Å². The first kappa shape index (κ1) is 12.2. The van der Waals surface area contributed by atoms with Gasteiger partial charge in [-0.1, -0.05) is 23.7 Å². The molecule has 0 fully saturated rings. The van der Waals surface area contributed by atoms with E-state index in [4.69, 9.17) is 27.9 Å². The average Bonchev–Trinajstić information content (AvgIpc) is 2.34. The zero-order valence-electron chi connectivity index (χ0n) is 8.79.